The lowest BCUT2D eigenvalue weighted by atomic mass is 10.1. The van der Waals surface area contributed by atoms with E-state index in [0.29, 0.717) is 6.54 Å². The molecule has 0 atom stereocenters. The fourth-order valence-corrected chi connectivity index (χ4v) is 3.89. The summed E-state index contributed by atoms with van der Waals surface area (Å²) in [7, 11) is 0. The first-order valence-corrected chi connectivity index (χ1v) is 7.30. The third-order valence-corrected chi connectivity index (χ3v) is 4.67. The van der Waals surface area contributed by atoms with Crippen molar-refractivity contribution >= 4 is 17.2 Å². The van der Waals surface area contributed by atoms with E-state index < -0.39 is 0 Å². The molecule has 3 rings (SSSR count). The van der Waals surface area contributed by atoms with E-state index in [1.54, 1.807) is 11.3 Å². The molecule has 4 nitrogen and oxygen atoms in total. The fraction of sp³-hybridized carbons (Fsp3) is 0.357. The average Bonchev–Trinajstić information content (AvgIpc) is 3.09. The van der Waals surface area contributed by atoms with Gasteiger partial charge in [-0.15, -0.1) is 11.3 Å². The van der Waals surface area contributed by atoms with Crippen molar-refractivity contribution in [1.82, 2.24) is 9.88 Å². The predicted molar refractivity (Wildman–Crippen MR) is 75.1 cm³/mol. The molecule has 1 amide bonds. The maximum atomic E-state index is 12.3. The van der Waals surface area contributed by atoms with Crippen LogP contribution in [-0.2, 0) is 12.8 Å². The Hall–Kier alpha value is -1.59. The van der Waals surface area contributed by atoms with Gasteiger partial charge in [-0.2, -0.15) is 0 Å². The van der Waals surface area contributed by atoms with Crippen LogP contribution in [0.5, 0.6) is 0 Å². The van der Waals surface area contributed by atoms with E-state index in [2.05, 4.69) is 5.32 Å². The molecule has 1 aliphatic carbocycles. The van der Waals surface area contributed by atoms with Gasteiger partial charge in [0.2, 0.25) is 0 Å². The number of carbonyl (C=O) groups excluding carboxylic acids is 1. The van der Waals surface area contributed by atoms with Gasteiger partial charge in [0.05, 0.1) is 12.2 Å². The number of aromatic nitrogens is 1. The average molecular weight is 276 g/mol. The quantitative estimate of drug-likeness (QED) is 0.894. The Labute approximate surface area is 115 Å². The van der Waals surface area contributed by atoms with Crippen LogP contribution in [0.15, 0.2) is 24.5 Å². The van der Waals surface area contributed by atoms with Crippen molar-refractivity contribution in [1.29, 1.82) is 0 Å². The molecule has 0 radical (unpaired) electrons. The van der Waals surface area contributed by atoms with E-state index in [9.17, 15) is 4.79 Å². The Morgan fingerprint density at radius 3 is 2.89 bits per heavy atom. The van der Waals surface area contributed by atoms with E-state index in [1.165, 1.54) is 10.4 Å². The number of aryl methyl sites for hydroxylation is 1. The second-order valence-electron chi connectivity index (χ2n) is 4.61. The van der Waals surface area contributed by atoms with Crippen LogP contribution < -0.4 is 5.32 Å². The van der Waals surface area contributed by atoms with Crippen LogP contribution in [-0.4, -0.2) is 28.7 Å². The van der Waals surface area contributed by atoms with E-state index in [4.69, 9.17) is 5.11 Å². The molecule has 1 aliphatic rings. The zero-order valence-corrected chi connectivity index (χ0v) is 11.4. The number of aliphatic hydroxyl groups excluding tert-OH is 1. The summed E-state index contributed by atoms with van der Waals surface area (Å²) in [5, 5.41) is 12.6. The zero-order chi connectivity index (χ0) is 13.2. The number of nitrogens with one attached hydrogen (secondary N) is 1. The van der Waals surface area contributed by atoms with Crippen molar-refractivity contribution in [2.45, 2.75) is 19.3 Å². The molecule has 100 valence electrons. The Bertz CT molecular complexity index is 587. The topological polar surface area (TPSA) is 54.3 Å². The van der Waals surface area contributed by atoms with Gasteiger partial charge in [-0.25, -0.2) is 0 Å². The van der Waals surface area contributed by atoms with Crippen molar-refractivity contribution in [3.63, 3.8) is 0 Å². The summed E-state index contributed by atoms with van der Waals surface area (Å²) < 4.78 is 2.00. The van der Waals surface area contributed by atoms with Gasteiger partial charge in [0.1, 0.15) is 5.00 Å². The minimum atomic E-state index is -0.0721. The van der Waals surface area contributed by atoms with E-state index in [0.717, 1.165) is 29.8 Å². The van der Waals surface area contributed by atoms with Crippen LogP contribution in [0.25, 0.3) is 5.00 Å². The Morgan fingerprint density at radius 1 is 1.37 bits per heavy atom. The normalized spacial score (nSPS) is 13.5. The highest BCUT2D eigenvalue weighted by molar-refractivity contribution is 7.15. The van der Waals surface area contributed by atoms with Gasteiger partial charge >= 0.3 is 0 Å². The number of aliphatic hydroxyl groups is 1. The van der Waals surface area contributed by atoms with Crippen molar-refractivity contribution in [3.05, 3.63) is 40.5 Å². The highest BCUT2D eigenvalue weighted by atomic mass is 32.1. The Kier molecular flexibility index (Phi) is 3.40. The maximum absolute atomic E-state index is 12.3. The van der Waals surface area contributed by atoms with Crippen LogP contribution in [0, 0.1) is 0 Å². The number of rotatable bonds is 4. The zero-order valence-electron chi connectivity index (χ0n) is 10.6. The standard InChI is InChI=1S/C14H16N2O2S/c17-9-6-15-13(18)12-10-4-3-5-11(10)19-14(12)16-7-1-2-8-16/h1-2,7-8,17H,3-6,9H2,(H,15,18). The monoisotopic (exact) mass is 276 g/mol. The number of fused-ring (bicyclic) bond motifs is 1. The molecule has 0 aromatic carbocycles. The first-order valence-electron chi connectivity index (χ1n) is 6.48. The smallest absolute Gasteiger partial charge is 0.254 e. The summed E-state index contributed by atoms with van der Waals surface area (Å²) in [5.41, 5.74) is 1.99. The molecule has 0 fully saturated rings. The van der Waals surface area contributed by atoms with Crippen molar-refractivity contribution < 1.29 is 9.90 Å². The fourth-order valence-electron chi connectivity index (χ4n) is 2.53. The van der Waals surface area contributed by atoms with Crippen LogP contribution in [0.2, 0.25) is 0 Å². The number of nitrogens with zero attached hydrogens (tertiary/aromatic N) is 1. The van der Waals surface area contributed by atoms with E-state index in [-0.39, 0.29) is 12.5 Å². The summed E-state index contributed by atoms with van der Waals surface area (Å²) >= 11 is 1.71. The van der Waals surface area contributed by atoms with Gasteiger partial charge in [-0.3, -0.25) is 4.79 Å². The number of carbonyl (C=O) groups is 1. The van der Waals surface area contributed by atoms with Gasteiger partial charge in [-0.1, -0.05) is 0 Å². The van der Waals surface area contributed by atoms with Gasteiger partial charge < -0.3 is 15.0 Å². The molecular formula is C14H16N2O2S. The first-order chi connectivity index (χ1) is 9.31. The second-order valence-corrected chi connectivity index (χ2v) is 5.69. The van der Waals surface area contributed by atoms with Gasteiger partial charge in [0.25, 0.3) is 5.91 Å². The lowest BCUT2D eigenvalue weighted by Gasteiger charge is -2.08. The first kappa shape index (κ1) is 12.4. The summed E-state index contributed by atoms with van der Waals surface area (Å²) in [6.07, 6.45) is 7.11. The molecule has 2 aromatic heterocycles. The summed E-state index contributed by atoms with van der Waals surface area (Å²) in [4.78, 5) is 13.6. The molecule has 0 unspecified atom stereocenters. The van der Waals surface area contributed by atoms with Crippen LogP contribution >= 0.6 is 11.3 Å². The van der Waals surface area contributed by atoms with Crippen LogP contribution in [0.1, 0.15) is 27.2 Å². The van der Waals surface area contributed by atoms with Crippen LogP contribution in [0.3, 0.4) is 0 Å². The molecule has 0 aliphatic heterocycles. The lowest BCUT2D eigenvalue weighted by Crippen LogP contribution is -2.27. The van der Waals surface area contributed by atoms with Gasteiger partial charge in [-0.05, 0) is 37.0 Å². The lowest BCUT2D eigenvalue weighted by molar-refractivity contribution is 0.0944. The van der Waals surface area contributed by atoms with Gasteiger partial charge in [0.15, 0.2) is 0 Å². The van der Waals surface area contributed by atoms with E-state index in [1.807, 2.05) is 29.1 Å². The Balaban J connectivity index is 2.03. The van der Waals surface area contributed by atoms with Crippen molar-refractivity contribution in [2.24, 2.45) is 0 Å². The predicted octanol–water partition coefficient (Wildman–Crippen LogP) is 1.75. The second kappa shape index (κ2) is 5.19. The highest BCUT2D eigenvalue weighted by Gasteiger charge is 2.26. The number of hydrogen-bond acceptors (Lipinski definition) is 3. The molecule has 19 heavy (non-hydrogen) atoms. The minimum absolute atomic E-state index is 0.0308. The molecular weight excluding hydrogens is 260 g/mol. The third-order valence-electron chi connectivity index (χ3n) is 3.37. The highest BCUT2D eigenvalue weighted by Crippen LogP contribution is 2.37. The molecule has 0 saturated carbocycles. The summed E-state index contributed by atoms with van der Waals surface area (Å²) in [6, 6.07) is 3.92. The molecule has 2 N–H and O–H groups in total. The number of thiophene rings is 1. The summed E-state index contributed by atoms with van der Waals surface area (Å²) in [5.74, 6) is -0.0721. The number of hydrogen-bond donors (Lipinski definition) is 2. The Morgan fingerprint density at radius 2 is 2.16 bits per heavy atom. The largest absolute Gasteiger partial charge is 0.395 e. The molecule has 5 heteroatoms. The van der Waals surface area contributed by atoms with Crippen molar-refractivity contribution in [2.75, 3.05) is 13.2 Å². The SMILES string of the molecule is O=C(NCCO)c1c(-n2cccc2)sc2c1CCC2. The van der Waals surface area contributed by atoms with Crippen LogP contribution in [0.4, 0.5) is 0 Å². The molecule has 0 spiro atoms. The van der Waals surface area contributed by atoms with Gasteiger partial charge in [0, 0.05) is 23.8 Å². The van der Waals surface area contributed by atoms with E-state index >= 15 is 0 Å². The molecule has 0 saturated heterocycles. The molecule has 2 aromatic rings. The maximum Gasteiger partial charge on any atom is 0.254 e. The minimum Gasteiger partial charge on any atom is -0.395 e. The third kappa shape index (κ3) is 2.19. The summed E-state index contributed by atoms with van der Waals surface area (Å²) in [6.45, 7) is 0.269. The molecule has 2 heterocycles. The number of amides is 1. The van der Waals surface area contributed by atoms with Crippen molar-refractivity contribution in [3.8, 4) is 5.00 Å². The molecule has 0 bridgehead atoms.